The molecule has 0 radical (unpaired) electrons. The van der Waals surface area contributed by atoms with Crippen LogP contribution in [0, 0.1) is 0 Å². The van der Waals surface area contributed by atoms with Gasteiger partial charge in [-0.15, -0.1) is 0 Å². The summed E-state index contributed by atoms with van der Waals surface area (Å²) in [4.78, 5) is 24.7. The molecule has 0 aliphatic heterocycles. The average Bonchev–Trinajstić information content (AvgIpc) is 3.17. The Bertz CT molecular complexity index is 1300. The smallest absolute Gasteiger partial charge is 0.286 e. The summed E-state index contributed by atoms with van der Waals surface area (Å²) in [6.45, 7) is 0.345. The summed E-state index contributed by atoms with van der Waals surface area (Å²) in [6, 6.07) is 19.6. The van der Waals surface area contributed by atoms with Crippen LogP contribution in [0.5, 0.6) is 11.5 Å². The lowest BCUT2D eigenvalue weighted by Gasteiger charge is -2.12. The Morgan fingerprint density at radius 3 is 2.50 bits per heavy atom. The molecule has 0 saturated carbocycles. The first kappa shape index (κ1) is 21.5. The van der Waals surface area contributed by atoms with Crippen LogP contribution in [0.2, 0.25) is 0 Å². The molecule has 0 bridgehead atoms. The van der Waals surface area contributed by atoms with E-state index in [9.17, 15) is 9.59 Å². The molecule has 0 spiro atoms. The highest BCUT2D eigenvalue weighted by atomic mass is 79.9. The first-order valence-corrected chi connectivity index (χ1v) is 10.4. The molecular weight excluding hydrogens is 476 g/mol. The molecule has 0 saturated heterocycles. The zero-order chi connectivity index (χ0) is 22.7. The molecule has 1 heterocycles. The van der Waals surface area contributed by atoms with Gasteiger partial charge in [-0.25, -0.2) is 0 Å². The number of primary amides is 1. The van der Waals surface area contributed by atoms with Crippen LogP contribution in [-0.2, 0) is 6.61 Å². The molecule has 2 amide bonds. The molecule has 3 aromatic carbocycles. The number of carbonyl (C=O) groups excluding carboxylic acids is 2. The third-order valence-corrected chi connectivity index (χ3v) is 5.32. The summed E-state index contributed by atoms with van der Waals surface area (Å²) >= 11 is 3.40. The number of hydrogen-bond acceptors (Lipinski definition) is 5. The SMILES string of the molecule is COc1cc(C(=O)Nc2c(C(N)=O)oc3ccccc23)ccc1OCc1ccc(Br)cc1. The van der Waals surface area contributed by atoms with Gasteiger partial charge in [0.1, 0.15) is 17.9 Å². The summed E-state index contributed by atoms with van der Waals surface area (Å²) in [5, 5.41) is 3.31. The predicted molar refractivity (Wildman–Crippen MR) is 124 cm³/mol. The lowest BCUT2D eigenvalue weighted by molar-refractivity contribution is 0.0977. The minimum atomic E-state index is -0.772. The van der Waals surface area contributed by atoms with Gasteiger partial charge in [-0.2, -0.15) is 0 Å². The largest absolute Gasteiger partial charge is 0.493 e. The quantitative estimate of drug-likeness (QED) is 0.370. The molecule has 7 nitrogen and oxygen atoms in total. The molecule has 0 unspecified atom stereocenters. The molecule has 32 heavy (non-hydrogen) atoms. The van der Waals surface area contributed by atoms with E-state index in [1.165, 1.54) is 7.11 Å². The van der Waals surface area contributed by atoms with E-state index in [1.807, 2.05) is 24.3 Å². The number of rotatable bonds is 7. The number of para-hydroxylation sites is 1. The van der Waals surface area contributed by atoms with Crippen molar-refractivity contribution < 1.29 is 23.5 Å². The van der Waals surface area contributed by atoms with Crippen LogP contribution in [0.1, 0.15) is 26.5 Å². The third kappa shape index (κ3) is 4.45. The Kier molecular flexibility index (Phi) is 6.13. The van der Waals surface area contributed by atoms with Crippen molar-refractivity contribution in [2.24, 2.45) is 5.73 Å². The maximum absolute atomic E-state index is 12.9. The number of methoxy groups -OCH3 is 1. The van der Waals surface area contributed by atoms with E-state index in [0.717, 1.165) is 10.0 Å². The summed E-state index contributed by atoms with van der Waals surface area (Å²) in [7, 11) is 1.50. The fraction of sp³-hybridized carbons (Fsp3) is 0.0833. The number of ether oxygens (including phenoxy) is 2. The van der Waals surface area contributed by atoms with Gasteiger partial charge in [0, 0.05) is 15.4 Å². The number of hydrogen-bond donors (Lipinski definition) is 2. The van der Waals surface area contributed by atoms with Crippen LogP contribution >= 0.6 is 15.9 Å². The number of amides is 2. The summed E-state index contributed by atoms with van der Waals surface area (Å²) in [5.41, 5.74) is 7.41. The minimum absolute atomic E-state index is 0.110. The maximum Gasteiger partial charge on any atom is 0.286 e. The second-order valence-electron chi connectivity index (χ2n) is 6.90. The molecule has 0 aliphatic carbocycles. The Hall–Kier alpha value is -3.78. The van der Waals surface area contributed by atoms with Crippen molar-refractivity contribution in [3.05, 3.63) is 88.1 Å². The van der Waals surface area contributed by atoms with E-state index in [-0.39, 0.29) is 11.4 Å². The first-order chi connectivity index (χ1) is 15.5. The molecular formula is C24H19BrN2O5. The van der Waals surface area contributed by atoms with E-state index < -0.39 is 11.8 Å². The van der Waals surface area contributed by atoms with Crippen molar-refractivity contribution in [1.29, 1.82) is 0 Å². The highest BCUT2D eigenvalue weighted by molar-refractivity contribution is 9.10. The van der Waals surface area contributed by atoms with Gasteiger partial charge in [-0.1, -0.05) is 40.2 Å². The van der Waals surface area contributed by atoms with Gasteiger partial charge in [-0.05, 0) is 48.0 Å². The van der Waals surface area contributed by atoms with Crippen molar-refractivity contribution in [1.82, 2.24) is 0 Å². The zero-order valence-corrected chi connectivity index (χ0v) is 18.6. The van der Waals surface area contributed by atoms with Crippen molar-refractivity contribution >= 4 is 44.4 Å². The molecule has 162 valence electrons. The Labute approximate surface area is 192 Å². The van der Waals surface area contributed by atoms with Crippen LogP contribution in [-0.4, -0.2) is 18.9 Å². The Balaban J connectivity index is 1.56. The molecule has 8 heteroatoms. The molecule has 1 aromatic heterocycles. The first-order valence-electron chi connectivity index (χ1n) is 9.64. The maximum atomic E-state index is 12.9. The number of carbonyl (C=O) groups is 2. The lowest BCUT2D eigenvalue weighted by Crippen LogP contribution is -2.17. The fourth-order valence-corrected chi connectivity index (χ4v) is 3.46. The number of nitrogens with one attached hydrogen (secondary N) is 1. The molecule has 4 aromatic rings. The zero-order valence-electron chi connectivity index (χ0n) is 17.1. The number of benzene rings is 3. The van der Waals surface area contributed by atoms with Crippen LogP contribution in [0.25, 0.3) is 11.0 Å². The molecule has 0 aliphatic rings. The Morgan fingerprint density at radius 1 is 1.03 bits per heavy atom. The number of furan rings is 1. The number of anilines is 1. The molecule has 0 atom stereocenters. The highest BCUT2D eigenvalue weighted by Crippen LogP contribution is 2.32. The molecule has 4 rings (SSSR count). The normalized spacial score (nSPS) is 10.7. The van der Waals surface area contributed by atoms with Gasteiger partial charge in [0.05, 0.1) is 7.11 Å². The van der Waals surface area contributed by atoms with Crippen molar-refractivity contribution in [3.8, 4) is 11.5 Å². The molecule has 0 fully saturated rings. The summed E-state index contributed by atoms with van der Waals surface area (Å²) < 4.78 is 17.8. The molecule has 3 N–H and O–H groups in total. The van der Waals surface area contributed by atoms with Gasteiger partial charge < -0.3 is 24.9 Å². The van der Waals surface area contributed by atoms with E-state index in [2.05, 4.69) is 21.2 Å². The fourth-order valence-electron chi connectivity index (χ4n) is 3.20. The summed E-state index contributed by atoms with van der Waals surface area (Å²) in [6.07, 6.45) is 0. The van der Waals surface area contributed by atoms with Crippen molar-refractivity contribution in [2.75, 3.05) is 12.4 Å². The van der Waals surface area contributed by atoms with E-state index >= 15 is 0 Å². The van der Waals surface area contributed by atoms with Gasteiger partial charge in [0.2, 0.25) is 5.76 Å². The topological polar surface area (TPSA) is 104 Å². The van der Waals surface area contributed by atoms with Gasteiger partial charge in [0.25, 0.3) is 11.8 Å². The van der Waals surface area contributed by atoms with Crippen LogP contribution < -0.4 is 20.5 Å². The highest BCUT2D eigenvalue weighted by Gasteiger charge is 2.21. The number of fused-ring (bicyclic) bond motifs is 1. The second-order valence-corrected chi connectivity index (χ2v) is 7.82. The third-order valence-electron chi connectivity index (χ3n) is 4.79. The van der Waals surface area contributed by atoms with Gasteiger partial charge >= 0.3 is 0 Å². The van der Waals surface area contributed by atoms with Crippen molar-refractivity contribution in [3.63, 3.8) is 0 Å². The van der Waals surface area contributed by atoms with Crippen molar-refractivity contribution in [2.45, 2.75) is 6.61 Å². The average molecular weight is 495 g/mol. The van der Waals surface area contributed by atoms with Crippen LogP contribution in [0.4, 0.5) is 5.69 Å². The van der Waals surface area contributed by atoms with Gasteiger partial charge in [-0.3, -0.25) is 9.59 Å². The monoisotopic (exact) mass is 494 g/mol. The van der Waals surface area contributed by atoms with E-state index in [0.29, 0.717) is 34.6 Å². The number of halogens is 1. The van der Waals surface area contributed by atoms with Gasteiger partial charge in [0.15, 0.2) is 11.5 Å². The van der Waals surface area contributed by atoms with Crippen LogP contribution in [0.15, 0.2) is 75.6 Å². The predicted octanol–water partition coefficient (Wildman–Crippen LogP) is 5.13. The number of nitrogens with two attached hydrogens (primary N) is 1. The lowest BCUT2D eigenvalue weighted by atomic mass is 10.1. The van der Waals surface area contributed by atoms with E-state index in [4.69, 9.17) is 19.6 Å². The van der Waals surface area contributed by atoms with Crippen LogP contribution in [0.3, 0.4) is 0 Å². The summed E-state index contributed by atoms with van der Waals surface area (Å²) in [5.74, 6) is -0.427. The Morgan fingerprint density at radius 2 is 1.78 bits per heavy atom. The minimum Gasteiger partial charge on any atom is -0.493 e. The second kappa shape index (κ2) is 9.15. The van der Waals surface area contributed by atoms with E-state index in [1.54, 1.807) is 42.5 Å². The standard InChI is InChI=1S/C24H19BrN2O5/c1-30-20-12-15(8-11-19(20)31-13-14-6-9-16(25)10-7-14)24(29)27-21-17-4-2-3-5-18(17)32-22(21)23(26)28/h2-12H,13H2,1H3,(H2,26,28)(H,27,29).